The van der Waals surface area contributed by atoms with Gasteiger partial charge in [0.05, 0.1) is 0 Å². The van der Waals surface area contributed by atoms with Gasteiger partial charge >= 0.3 is 0 Å². The van der Waals surface area contributed by atoms with Crippen molar-refractivity contribution in [3.8, 4) is 0 Å². The molecule has 2 aliphatic rings. The summed E-state index contributed by atoms with van der Waals surface area (Å²) in [6.45, 7) is 1.48. The van der Waals surface area contributed by atoms with Gasteiger partial charge in [-0.25, -0.2) is 0 Å². The molecule has 2 unspecified atom stereocenters. The van der Waals surface area contributed by atoms with Crippen molar-refractivity contribution >= 4 is 10.2 Å². The number of nitrogens with zero attached hydrogens (tertiary/aromatic N) is 2. The van der Waals surface area contributed by atoms with E-state index in [0.29, 0.717) is 11.8 Å². The van der Waals surface area contributed by atoms with E-state index >= 15 is 0 Å². The van der Waals surface area contributed by atoms with Crippen LogP contribution in [-0.2, 0) is 10.2 Å². The highest BCUT2D eigenvalue weighted by Crippen LogP contribution is 2.38. The first kappa shape index (κ1) is 10.4. The maximum absolute atomic E-state index is 11.8. The Morgan fingerprint density at radius 1 is 1.14 bits per heavy atom. The maximum atomic E-state index is 11.8. The lowest BCUT2D eigenvalue weighted by atomic mass is 10.0. The second-order valence-corrected chi connectivity index (χ2v) is 6.70. The summed E-state index contributed by atoms with van der Waals surface area (Å²) in [6.07, 6.45) is 3.71. The summed E-state index contributed by atoms with van der Waals surface area (Å²) in [5.74, 6) is 1.26. The van der Waals surface area contributed by atoms with Crippen LogP contribution in [0.2, 0.25) is 0 Å². The summed E-state index contributed by atoms with van der Waals surface area (Å²) >= 11 is 0. The maximum Gasteiger partial charge on any atom is 0.281 e. The summed E-state index contributed by atoms with van der Waals surface area (Å²) < 4.78 is 26.6. The van der Waals surface area contributed by atoms with E-state index in [0.717, 1.165) is 13.1 Å². The average Bonchev–Trinajstić information content (AvgIpc) is 2.60. The van der Waals surface area contributed by atoms with Gasteiger partial charge in [0, 0.05) is 27.2 Å². The van der Waals surface area contributed by atoms with Gasteiger partial charge in [0.1, 0.15) is 0 Å². The van der Waals surface area contributed by atoms with E-state index in [1.807, 2.05) is 0 Å². The molecule has 14 heavy (non-hydrogen) atoms. The fourth-order valence-corrected chi connectivity index (χ4v) is 3.83. The van der Waals surface area contributed by atoms with Crippen LogP contribution in [0.1, 0.15) is 19.3 Å². The zero-order valence-electron chi connectivity index (χ0n) is 8.81. The van der Waals surface area contributed by atoms with Crippen LogP contribution in [0.15, 0.2) is 0 Å². The highest BCUT2D eigenvalue weighted by molar-refractivity contribution is 7.86. The summed E-state index contributed by atoms with van der Waals surface area (Å²) in [5.41, 5.74) is 0. The van der Waals surface area contributed by atoms with Crippen molar-refractivity contribution < 1.29 is 8.42 Å². The predicted octanol–water partition coefficient (Wildman–Crippen LogP) is 0.525. The van der Waals surface area contributed by atoms with E-state index in [-0.39, 0.29) is 0 Å². The first-order chi connectivity index (χ1) is 6.51. The third-order valence-corrected chi connectivity index (χ3v) is 5.35. The smallest absolute Gasteiger partial charge is 0.195 e. The Morgan fingerprint density at radius 2 is 1.64 bits per heavy atom. The number of rotatable bonds is 2. The molecule has 82 valence electrons. The molecule has 0 bridgehead atoms. The van der Waals surface area contributed by atoms with Crippen LogP contribution < -0.4 is 0 Å². The van der Waals surface area contributed by atoms with Crippen LogP contribution in [-0.4, -0.2) is 44.2 Å². The van der Waals surface area contributed by atoms with Gasteiger partial charge in [0.2, 0.25) is 0 Å². The quantitative estimate of drug-likeness (QED) is 0.678. The summed E-state index contributed by atoms with van der Waals surface area (Å²) in [7, 11) is 0.0493. The monoisotopic (exact) mass is 218 g/mol. The topological polar surface area (TPSA) is 40.6 Å². The molecule has 2 atom stereocenters. The molecule has 0 radical (unpaired) electrons. The lowest BCUT2D eigenvalue weighted by Gasteiger charge is -2.21. The molecular formula is C9H18N2O2S. The Kier molecular flexibility index (Phi) is 2.57. The van der Waals surface area contributed by atoms with Gasteiger partial charge in [0.25, 0.3) is 10.2 Å². The van der Waals surface area contributed by atoms with Crippen LogP contribution >= 0.6 is 0 Å². The molecule has 0 spiro atoms. The molecule has 0 aromatic rings. The van der Waals surface area contributed by atoms with Gasteiger partial charge in [-0.3, -0.25) is 0 Å². The van der Waals surface area contributed by atoms with Crippen molar-refractivity contribution in [2.24, 2.45) is 11.8 Å². The minimum atomic E-state index is -3.15. The minimum absolute atomic E-state index is 0.629. The van der Waals surface area contributed by atoms with Crippen molar-refractivity contribution in [3.05, 3.63) is 0 Å². The molecule has 2 rings (SSSR count). The minimum Gasteiger partial charge on any atom is -0.195 e. The molecular weight excluding hydrogens is 200 g/mol. The molecule has 1 saturated carbocycles. The molecule has 4 nitrogen and oxygen atoms in total. The predicted molar refractivity (Wildman–Crippen MR) is 55.0 cm³/mol. The van der Waals surface area contributed by atoms with E-state index in [2.05, 4.69) is 0 Å². The zero-order valence-corrected chi connectivity index (χ0v) is 9.63. The third kappa shape index (κ3) is 1.57. The van der Waals surface area contributed by atoms with Gasteiger partial charge in [-0.1, -0.05) is 6.42 Å². The fourth-order valence-electron chi connectivity index (χ4n) is 2.61. The molecule has 0 amide bonds. The average molecular weight is 218 g/mol. The molecule has 5 heteroatoms. The summed E-state index contributed by atoms with van der Waals surface area (Å²) in [5, 5.41) is 0. The van der Waals surface area contributed by atoms with Crippen molar-refractivity contribution in [2.75, 3.05) is 27.2 Å². The molecule has 2 fully saturated rings. The Bertz CT molecular complexity index is 301. The first-order valence-corrected chi connectivity index (χ1v) is 6.59. The summed E-state index contributed by atoms with van der Waals surface area (Å²) in [6, 6.07) is 0. The normalized spacial score (nSPS) is 33.9. The molecule has 0 aromatic carbocycles. The Labute approximate surface area is 86.1 Å². The van der Waals surface area contributed by atoms with Gasteiger partial charge in [-0.15, -0.1) is 0 Å². The SMILES string of the molecule is CN(C)S(=O)(=O)N1CC2CCCC2C1. The van der Waals surface area contributed by atoms with Crippen molar-refractivity contribution in [1.29, 1.82) is 0 Å². The van der Waals surface area contributed by atoms with Gasteiger partial charge in [-0.2, -0.15) is 17.0 Å². The fraction of sp³-hybridized carbons (Fsp3) is 1.00. The number of fused-ring (bicyclic) bond motifs is 1. The van der Waals surface area contributed by atoms with Gasteiger partial charge in [-0.05, 0) is 24.7 Å². The summed E-state index contributed by atoms with van der Waals surface area (Å²) in [4.78, 5) is 0. The molecule has 1 saturated heterocycles. The lowest BCUT2D eigenvalue weighted by molar-refractivity contribution is 0.401. The van der Waals surface area contributed by atoms with Crippen molar-refractivity contribution in [3.63, 3.8) is 0 Å². The van der Waals surface area contributed by atoms with Crippen LogP contribution in [0, 0.1) is 11.8 Å². The number of hydrogen-bond acceptors (Lipinski definition) is 2. The standard InChI is InChI=1S/C9H18N2O2S/c1-10(2)14(12,13)11-6-8-4-3-5-9(8)7-11/h8-9H,3-7H2,1-2H3. The van der Waals surface area contributed by atoms with E-state index in [1.54, 1.807) is 18.4 Å². The first-order valence-electron chi connectivity index (χ1n) is 5.19. The molecule has 0 N–H and O–H groups in total. The highest BCUT2D eigenvalue weighted by atomic mass is 32.2. The van der Waals surface area contributed by atoms with Crippen molar-refractivity contribution in [2.45, 2.75) is 19.3 Å². The molecule has 1 aliphatic carbocycles. The van der Waals surface area contributed by atoms with E-state index < -0.39 is 10.2 Å². The van der Waals surface area contributed by atoms with E-state index in [1.165, 1.54) is 23.6 Å². The van der Waals surface area contributed by atoms with Gasteiger partial charge in [0.15, 0.2) is 0 Å². The lowest BCUT2D eigenvalue weighted by Crippen LogP contribution is -2.38. The van der Waals surface area contributed by atoms with E-state index in [9.17, 15) is 8.42 Å². The zero-order chi connectivity index (χ0) is 10.3. The highest BCUT2D eigenvalue weighted by Gasteiger charge is 2.41. The van der Waals surface area contributed by atoms with Crippen LogP contribution in [0.25, 0.3) is 0 Å². The molecule has 1 aliphatic heterocycles. The number of hydrogen-bond donors (Lipinski definition) is 0. The Morgan fingerprint density at radius 3 is 2.07 bits per heavy atom. The largest absolute Gasteiger partial charge is 0.281 e. The Balaban J connectivity index is 2.09. The van der Waals surface area contributed by atoms with Crippen molar-refractivity contribution in [1.82, 2.24) is 8.61 Å². The second-order valence-electron chi connectivity index (χ2n) is 4.56. The third-order valence-electron chi connectivity index (χ3n) is 3.48. The molecule has 1 heterocycles. The van der Waals surface area contributed by atoms with Crippen LogP contribution in [0.5, 0.6) is 0 Å². The van der Waals surface area contributed by atoms with Crippen LogP contribution in [0.3, 0.4) is 0 Å². The second kappa shape index (κ2) is 3.47. The van der Waals surface area contributed by atoms with Crippen LogP contribution in [0.4, 0.5) is 0 Å². The van der Waals surface area contributed by atoms with Gasteiger partial charge < -0.3 is 0 Å². The Hall–Kier alpha value is -0.130. The molecule has 0 aromatic heterocycles. The van der Waals surface area contributed by atoms with E-state index in [4.69, 9.17) is 0 Å².